The predicted molar refractivity (Wildman–Crippen MR) is 69.1 cm³/mol. The van der Waals surface area contributed by atoms with E-state index in [-0.39, 0.29) is 5.41 Å². The number of aromatic nitrogens is 2. The van der Waals surface area contributed by atoms with Crippen molar-refractivity contribution in [3.8, 4) is 0 Å². The van der Waals surface area contributed by atoms with E-state index in [1.54, 1.807) is 0 Å². The van der Waals surface area contributed by atoms with Crippen LogP contribution in [0.15, 0.2) is 0 Å². The first-order valence-electron chi connectivity index (χ1n) is 6.31. The fourth-order valence-corrected chi connectivity index (χ4v) is 2.46. The molecule has 1 aromatic rings. The number of nitrogens with two attached hydrogens (primary N) is 1. The summed E-state index contributed by atoms with van der Waals surface area (Å²) in [6.45, 7) is 8.11. The molecule has 0 saturated carbocycles. The number of rotatable bonds is 1. The number of imidazole rings is 1. The van der Waals surface area contributed by atoms with E-state index in [0.717, 1.165) is 43.4 Å². The molecule has 1 aromatic heterocycles. The van der Waals surface area contributed by atoms with E-state index in [1.165, 1.54) is 0 Å². The van der Waals surface area contributed by atoms with Crippen molar-refractivity contribution in [3.63, 3.8) is 0 Å². The van der Waals surface area contributed by atoms with Gasteiger partial charge in [0.1, 0.15) is 11.6 Å². The molecule has 0 bridgehead atoms. The second-order valence-electron chi connectivity index (χ2n) is 5.93. The highest BCUT2D eigenvalue weighted by Gasteiger charge is 2.27. The Labute approximate surface area is 103 Å². The van der Waals surface area contributed by atoms with Gasteiger partial charge in [-0.15, -0.1) is 0 Å². The molecule has 0 aromatic carbocycles. The molecule has 1 fully saturated rings. The zero-order chi connectivity index (χ0) is 12.6. The summed E-state index contributed by atoms with van der Waals surface area (Å²) in [5.74, 6) is 2.21. The van der Waals surface area contributed by atoms with Gasteiger partial charge in [0.2, 0.25) is 0 Å². The normalized spacial score (nSPS) is 21.8. The number of hydrogen-bond acceptors (Lipinski definition) is 3. The Hall–Kier alpha value is -1.03. The summed E-state index contributed by atoms with van der Waals surface area (Å²) in [6, 6.07) is 0. The minimum atomic E-state index is 0.0244. The van der Waals surface area contributed by atoms with Gasteiger partial charge in [-0.25, -0.2) is 4.98 Å². The summed E-state index contributed by atoms with van der Waals surface area (Å²) in [5, 5.41) is 0. The van der Waals surface area contributed by atoms with Crippen molar-refractivity contribution >= 4 is 5.82 Å². The standard InChI is InChI=1S/C13H23N3O/c1-13(2,3)12-15-10(11(14)16(12)4)9-6-5-7-17-8-9/h9H,5-8,14H2,1-4H3. The van der Waals surface area contributed by atoms with Crippen LogP contribution in [0.4, 0.5) is 5.82 Å². The number of hydrogen-bond donors (Lipinski definition) is 1. The molecule has 1 saturated heterocycles. The number of nitrogen functional groups attached to an aromatic ring is 1. The Morgan fingerprint density at radius 1 is 1.41 bits per heavy atom. The number of ether oxygens (including phenoxy) is 1. The molecular weight excluding hydrogens is 214 g/mol. The Morgan fingerprint density at radius 2 is 2.12 bits per heavy atom. The molecule has 1 unspecified atom stereocenters. The van der Waals surface area contributed by atoms with Crippen LogP contribution < -0.4 is 5.73 Å². The fraction of sp³-hybridized carbons (Fsp3) is 0.769. The quantitative estimate of drug-likeness (QED) is 0.814. The van der Waals surface area contributed by atoms with E-state index in [9.17, 15) is 0 Å². The zero-order valence-electron chi connectivity index (χ0n) is 11.3. The van der Waals surface area contributed by atoms with E-state index in [0.29, 0.717) is 5.92 Å². The summed E-state index contributed by atoms with van der Waals surface area (Å²) < 4.78 is 7.54. The first-order valence-corrected chi connectivity index (χ1v) is 6.31. The molecular formula is C13H23N3O. The molecule has 96 valence electrons. The average Bonchev–Trinajstić information content (AvgIpc) is 2.57. The average molecular weight is 237 g/mol. The Bertz CT molecular complexity index is 398. The molecule has 4 heteroatoms. The van der Waals surface area contributed by atoms with E-state index in [2.05, 4.69) is 20.8 Å². The molecule has 1 aliphatic heterocycles. The van der Waals surface area contributed by atoms with E-state index in [4.69, 9.17) is 15.5 Å². The second kappa shape index (κ2) is 4.33. The van der Waals surface area contributed by atoms with Crippen LogP contribution in [0.25, 0.3) is 0 Å². The zero-order valence-corrected chi connectivity index (χ0v) is 11.3. The van der Waals surface area contributed by atoms with Crippen LogP contribution in [-0.2, 0) is 17.2 Å². The fourth-order valence-electron chi connectivity index (χ4n) is 2.46. The minimum absolute atomic E-state index is 0.0244. The molecule has 1 atom stereocenters. The molecule has 0 amide bonds. The Kier molecular flexibility index (Phi) is 3.17. The summed E-state index contributed by atoms with van der Waals surface area (Å²) in [5.41, 5.74) is 7.23. The molecule has 0 radical (unpaired) electrons. The smallest absolute Gasteiger partial charge is 0.126 e. The van der Waals surface area contributed by atoms with Crippen molar-refractivity contribution in [1.82, 2.24) is 9.55 Å². The van der Waals surface area contributed by atoms with E-state index >= 15 is 0 Å². The van der Waals surface area contributed by atoms with Crippen LogP contribution in [0.5, 0.6) is 0 Å². The Balaban J connectivity index is 2.35. The SMILES string of the molecule is Cn1c(C(C)(C)C)nc(C2CCCOC2)c1N. The summed E-state index contributed by atoms with van der Waals surface area (Å²) in [4.78, 5) is 4.76. The van der Waals surface area contributed by atoms with Crippen LogP contribution in [-0.4, -0.2) is 22.8 Å². The highest BCUT2D eigenvalue weighted by Crippen LogP contribution is 2.32. The maximum atomic E-state index is 6.18. The third-order valence-electron chi connectivity index (χ3n) is 3.39. The van der Waals surface area contributed by atoms with Crippen LogP contribution >= 0.6 is 0 Å². The van der Waals surface area contributed by atoms with Gasteiger partial charge < -0.3 is 15.0 Å². The van der Waals surface area contributed by atoms with Gasteiger partial charge in [0.15, 0.2) is 0 Å². The van der Waals surface area contributed by atoms with Crippen molar-refractivity contribution in [3.05, 3.63) is 11.5 Å². The monoisotopic (exact) mass is 237 g/mol. The van der Waals surface area contributed by atoms with Gasteiger partial charge >= 0.3 is 0 Å². The molecule has 2 N–H and O–H groups in total. The lowest BCUT2D eigenvalue weighted by atomic mass is 9.95. The number of nitrogens with zero attached hydrogens (tertiary/aromatic N) is 2. The topological polar surface area (TPSA) is 53.1 Å². The van der Waals surface area contributed by atoms with Crippen molar-refractivity contribution in [2.75, 3.05) is 18.9 Å². The largest absolute Gasteiger partial charge is 0.384 e. The molecule has 2 rings (SSSR count). The van der Waals surface area contributed by atoms with Gasteiger partial charge in [-0.1, -0.05) is 20.8 Å². The number of anilines is 1. The summed E-state index contributed by atoms with van der Waals surface area (Å²) in [6.07, 6.45) is 2.23. The predicted octanol–water partition coefficient (Wildman–Crippen LogP) is 2.19. The summed E-state index contributed by atoms with van der Waals surface area (Å²) in [7, 11) is 2.00. The Morgan fingerprint density at radius 3 is 2.59 bits per heavy atom. The third kappa shape index (κ3) is 2.32. The lowest BCUT2D eigenvalue weighted by molar-refractivity contribution is 0.0795. The molecule has 2 heterocycles. The maximum Gasteiger partial charge on any atom is 0.126 e. The van der Waals surface area contributed by atoms with Crippen molar-refractivity contribution < 1.29 is 4.74 Å². The van der Waals surface area contributed by atoms with Crippen LogP contribution in [0.2, 0.25) is 0 Å². The summed E-state index contributed by atoms with van der Waals surface area (Å²) >= 11 is 0. The molecule has 0 aliphatic carbocycles. The second-order valence-corrected chi connectivity index (χ2v) is 5.93. The highest BCUT2D eigenvalue weighted by molar-refractivity contribution is 5.41. The molecule has 0 spiro atoms. The first kappa shape index (κ1) is 12.4. The van der Waals surface area contributed by atoms with Gasteiger partial charge in [-0.2, -0.15) is 0 Å². The van der Waals surface area contributed by atoms with E-state index in [1.807, 2.05) is 11.6 Å². The van der Waals surface area contributed by atoms with Gasteiger partial charge in [-0.05, 0) is 12.8 Å². The highest BCUT2D eigenvalue weighted by atomic mass is 16.5. The van der Waals surface area contributed by atoms with Gasteiger partial charge in [0.25, 0.3) is 0 Å². The lowest BCUT2D eigenvalue weighted by Crippen LogP contribution is -2.18. The molecule has 1 aliphatic rings. The van der Waals surface area contributed by atoms with Gasteiger partial charge in [0.05, 0.1) is 12.3 Å². The van der Waals surface area contributed by atoms with E-state index < -0.39 is 0 Å². The molecule has 4 nitrogen and oxygen atoms in total. The van der Waals surface area contributed by atoms with Crippen LogP contribution in [0.1, 0.15) is 51.0 Å². The minimum Gasteiger partial charge on any atom is -0.384 e. The van der Waals surface area contributed by atoms with Crippen LogP contribution in [0, 0.1) is 0 Å². The van der Waals surface area contributed by atoms with Crippen molar-refractivity contribution in [2.24, 2.45) is 7.05 Å². The maximum absolute atomic E-state index is 6.18. The third-order valence-corrected chi connectivity index (χ3v) is 3.39. The first-order chi connectivity index (χ1) is 7.91. The van der Waals surface area contributed by atoms with Gasteiger partial charge in [-0.3, -0.25) is 0 Å². The lowest BCUT2D eigenvalue weighted by Gasteiger charge is -2.20. The molecule has 17 heavy (non-hydrogen) atoms. The van der Waals surface area contributed by atoms with Crippen molar-refractivity contribution in [2.45, 2.75) is 44.9 Å². The van der Waals surface area contributed by atoms with Crippen molar-refractivity contribution in [1.29, 1.82) is 0 Å². The van der Waals surface area contributed by atoms with Gasteiger partial charge in [0, 0.05) is 25.0 Å². The van der Waals surface area contributed by atoms with Crippen LogP contribution in [0.3, 0.4) is 0 Å².